The number of aliphatic hydroxyl groups is 1. The third-order valence-electron chi connectivity index (χ3n) is 4.76. The number of aliphatic carboxylic acids is 1. The number of carbonyl (C=O) groups excluding carboxylic acids is 1. The first kappa shape index (κ1) is 20.5. The average Bonchev–Trinajstić information content (AvgIpc) is 2.64. The van der Waals surface area contributed by atoms with E-state index in [0.29, 0.717) is 51.3 Å². The second-order valence-electron chi connectivity index (χ2n) is 6.72. The molecule has 1 fully saturated rings. The summed E-state index contributed by atoms with van der Waals surface area (Å²) in [4.78, 5) is 25.5. The van der Waals surface area contributed by atoms with Gasteiger partial charge in [0.25, 0.3) is 0 Å². The molecule has 2 atom stereocenters. The van der Waals surface area contributed by atoms with Crippen LogP contribution < -0.4 is 5.73 Å². The first-order valence-electron chi connectivity index (χ1n) is 9.02. The Balaban J connectivity index is 2.09. The van der Waals surface area contributed by atoms with E-state index in [1.165, 1.54) is 0 Å². The molecule has 7 heteroatoms. The maximum atomic E-state index is 12.8. The highest BCUT2D eigenvalue weighted by Gasteiger charge is 2.40. The van der Waals surface area contributed by atoms with Gasteiger partial charge in [0, 0.05) is 32.5 Å². The largest absolute Gasteiger partial charge is 0.481 e. The zero-order chi connectivity index (χ0) is 19.0. The van der Waals surface area contributed by atoms with Gasteiger partial charge < -0.3 is 14.9 Å². The number of ketones is 1. The van der Waals surface area contributed by atoms with Gasteiger partial charge in [0.1, 0.15) is 5.78 Å². The predicted molar refractivity (Wildman–Crippen MR) is 96.4 cm³/mol. The summed E-state index contributed by atoms with van der Waals surface area (Å²) in [5.41, 5.74) is 4.96. The van der Waals surface area contributed by atoms with Crippen LogP contribution in [-0.2, 0) is 20.1 Å². The molecule has 0 saturated carbocycles. The minimum atomic E-state index is -1.77. The fourth-order valence-electron chi connectivity index (χ4n) is 3.18. The van der Waals surface area contributed by atoms with Gasteiger partial charge in [-0.05, 0) is 18.4 Å². The van der Waals surface area contributed by atoms with Gasteiger partial charge in [-0.3, -0.25) is 20.2 Å². The molecule has 1 saturated heterocycles. The first-order valence-corrected chi connectivity index (χ1v) is 9.02. The quantitative estimate of drug-likeness (QED) is 0.418. The number of carbonyl (C=O) groups is 2. The molecule has 7 nitrogen and oxygen atoms in total. The number of benzene rings is 1. The van der Waals surface area contributed by atoms with Crippen LogP contribution in [0.1, 0.15) is 31.2 Å². The van der Waals surface area contributed by atoms with Gasteiger partial charge in [0.15, 0.2) is 5.72 Å². The Morgan fingerprint density at radius 3 is 2.38 bits per heavy atom. The van der Waals surface area contributed by atoms with Gasteiger partial charge in [-0.15, -0.1) is 0 Å². The topological polar surface area (TPSA) is 113 Å². The van der Waals surface area contributed by atoms with Crippen molar-refractivity contribution in [2.75, 3.05) is 32.8 Å². The fraction of sp³-hybridized carbons (Fsp3) is 0.579. The summed E-state index contributed by atoms with van der Waals surface area (Å²) in [6.45, 7) is 2.91. The second kappa shape index (κ2) is 9.78. The summed E-state index contributed by atoms with van der Waals surface area (Å²) in [5.74, 6) is -1.80. The van der Waals surface area contributed by atoms with E-state index in [1.807, 2.05) is 6.07 Å². The molecule has 2 rings (SSSR count). The molecular formula is C19H28N2O5. The number of carboxylic acids is 1. The van der Waals surface area contributed by atoms with Crippen LogP contribution in [0.3, 0.4) is 0 Å². The van der Waals surface area contributed by atoms with Crippen LogP contribution in [-0.4, -0.2) is 59.7 Å². The Morgan fingerprint density at radius 1 is 1.15 bits per heavy atom. The molecule has 0 aromatic heterocycles. The molecule has 1 aliphatic rings. The lowest BCUT2D eigenvalue weighted by molar-refractivity contribution is -0.138. The van der Waals surface area contributed by atoms with E-state index in [1.54, 1.807) is 24.3 Å². The molecule has 1 aromatic carbocycles. The third-order valence-corrected chi connectivity index (χ3v) is 4.76. The zero-order valence-corrected chi connectivity index (χ0v) is 15.0. The Morgan fingerprint density at radius 2 is 1.77 bits per heavy atom. The van der Waals surface area contributed by atoms with E-state index in [0.717, 1.165) is 0 Å². The van der Waals surface area contributed by atoms with Crippen LogP contribution in [0.4, 0.5) is 0 Å². The van der Waals surface area contributed by atoms with Crippen LogP contribution in [0, 0.1) is 5.92 Å². The van der Waals surface area contributed by atoms with Gasteiger partial charge in [-0.2, -0.15) is 0 Å². The molecule has 0 radical (unpaired) electrons. The number of unbranched alkanes of at least 4 members (excludes halogenated alkanes) is 1. The molecule has 0 spiro atoms. The maximum absolute atomic E-state index is 12.8. The number of ether oxygens (including phenoxy) is 1. The van der Waals surface area contributed by atoms with Crippen LogP contribution in [0.2, 0.25) is 0 Å². The number of Topliss-reactive ketones (excluding diaryl/α,β-unsaturated/α-hetero) is 1. The van der Waals surface area contributed by atoms with E-state index in [2.05, 4.69) is 4.90 Å². The van der Waals surface area contributed by atoms with E-state index in [4.69, 9.17) is 15.6 Å². The molecule has 0 unspecified atom stereocenters. The Bertz CT molecular complexity index is 585. The molecule has 0 aliphatic carbocycles. The molecular weight excluding hydrogens is 336 g/mol. The minimum absolute atomic E-state index is 0.0347. The lowest BCUT2D eigenvalue weighted by atomic mass is 9.84. The second-order valence-corrected chi connectivity index (χ2v) is 6.72. The summed E-state index contributed by atoms with van der Waals surface area (Å²) in [5, 5.41) is 19.7. The summed E-state index contributed by atoms with van der Waals surface area (Å²) in [6, 6.07) is 8.80. The van der Waals surface area contributed by atoms with Crippen molar-refractivity contribution >= 4 is 11.8 Å². The van der Waals surface area contributed by atoms with Crippen molar-refractivity contribution in [2.24, 2.45) is 11.7 Å². The maximum Gasteiger partial charge on any atom is 0.303 e. The molecule has 144 valence electrons. The summed E-state index contributed by atoms with van der Waals surface area (Å²) < 4.78 is 5.34. The average molecular weight is 364 g/mol. The van der Waals surface area contributed by atoms with Crippen molar-refractivity contribution < 1.29 is 24.5 Å². The minimum Gasteiger partial charge on any atom is -0.481 e. The number of carboxylic acid groups (broad SMARTS) is 1. The molecule has 26 heavy (non-hydrogen) atoms. The lowest BCUT2D eigenvalue weighted by Gasteiger charge is -2.37. The monoisotopic (exact) mass is 364 g/mol. The Hall–Kier alpha value is -1.80. The lowest BCUT2D eigenvalue weighted by Crippen LogP contribution is -2.53. The normalized spacial score (nSPS) is 18.8. The summed E-state index contributed by atoms with van der Waals surface area (Å²) in [7, 11) is 0. The number of nitrogens with zero attached hydrogens (tertiary/aromatic N) is 1. The number of hydrogen-bond donors (Lipinski definition) is 3. The van der Waals surface area contributed by atoms with Gasteiger partial charge in [-0.25, -0.2) is 0 Å². The van der Waals surface area contributed by atoms with Crippen LogP contribution >= 0.6 is 0 Å². The van der Waals surface area contributed by atoms with Gasteiger partial charge in [0.2, 0.25) is 0 Å². The van der Waals surface area contributed by atoms with Gasteiger partial charge >= 0.3 is 5.97 Å². The third kappa shape index (κ3) is 5.88. The smallest absolute Gasteiger partial charge is 0.303 e. The first-order chi connectivity index (χ1) is 12.4. The number of rotatable bonds is 10. The number of nitrogens with two attached hydrogens (primary N) is 1. The van der Waals surface area contributed by atoms with Crippen LogP contribution in [0.15, 0.2) is 30.3 Å². The van der Waals surface area contributed by atoms with E-state index < -0.39 is 17.6 Å². The standard InChI is InChI=1S/C19H28N2O5/c20-19(25,15-6-2-1-3-7-15)16(14-21-10-12-26-13-11-21)17(22)8-4-5-9-18(23)24/h1-3,6-7,16,25H,4-5,8-14,20H2,(H,23,24)/t16-,19-/m1/s1. The van der Waals surface area contributed by atoms with E-state index >= 15 is 0 Å². The van der Waals surface area contributed by atoms with Gasteiger partial charge in [0.05, 0.1) is 19.1 Å². The SMILES string of the molecule is N[C@@](O)(c1ccccc1)[C@H](CN1CCOCC1)C(=O)CCCCC(=O)O. The highest BCUT2D eigenvalue weighted by Crippen LogP contribution is 2.28. The molecule has 1 aliphatic heterocycles. The van der Waals surface area contributed by atoms with Crippen LogP contribution in [0.5, 0.6) is 0 Å². The molecule has 1 heterocycles. The summed E-state index contributed by atoms with van der Waals surface area (Å²) in [6.07, 6.45) is 1.14. The zero-order valence-electron chi connectivity index (χ0n) is 15.0. The Labute approximate surface area is 153 Å². The van der Waals surface area contributed by atoms with Crippen molar-refractivity contribution in [2.45, 2.75) is 31.4 Å². The highest BCUT2D eigenvalue weighted by atomic mass is 16.5. The van der Waals surface area contributed by atoms with Crippen molar-refractivity contribution in [1.29, 1.82) is 0 Å². The highest BCUT2D eigenvalue weighted by molar-refractivity contribution is 5.82. The van der Waals surface area contributed by atoms with Crippen molar-refractivity contribution in [1.82, 2.24) is 4.90 Å². The Kier molecular flexibility index (Phi) is 7.71. The molecule has 0 bridgehead atoms. The molecule has 1 aromatic rings. The van der Waals surface area contributed by atoms with Crippen molar-refractivity contribution in [3.63, 3.8) is 0 Å². The van der Waals surface area contributed by atoms with E-state index in [-0.39, 0.29) is 18.6 Å². The molecule has 0 amide bonds. The number of morpholine rings is 1. The van der Waals surface area contributed by atoms with Crippen molar-refractivity contribution in [3.05, 3.63) is 35.9 Å². The predicted octanol–water partition coefficient (Wildman–Crippen LogP) is 0.953. The fourth-order valence-corrected chi connectivity index (χ4v) is 3.18. The number of hydrogen-bond acceptors (Lipinski definition) is 6. The van der Waals surface area contributed by atoms with Gasteiger partial charge in [-0.1, -0.05) is 30.3 Å². The summed E-state index contributed by atoms with van der Waals surface area (Å²) >= 11 is 0. The van der Waals surface area contributed by atoms with E-state index in [9.17, 15) is 14.7 Å². The van der Waals surface area contributed by atoms with Crippen LogP contribution in [0.25, 0.3) is 0 Å². The molecule has 4 N–H and O–H groups in total. The van der Waals surface area contributed by atoms with Crippen molar-refractivity contribution in [3.8, 4) is 0 Å².